The number of para-hydroxylation sites is 2. The maximum atomic E-state index is 6.36. The van der Waals surface area contributed by atoms with Crippen LogP contribution in [0, 0.1) is 0 Å². The van der Waals surface area contributed by atoms with Crippen LogP contribution in [-0.4, -0.2) is 4.57 Å². The fraction of sp³-hybridized carbons (Fsp3) is 0. The Kier molecular flexibility index (Phi) is 3.55. The third kappa shape index (κ3) is 2.33. The monoisotopic (exact) mass is 353 g/mol. The number of hydrogen-bond acceptors (Lipinski definition) is 0. The standard InChI is InChI=1S/C24H16ClN/c25-18-14-15-24(21(16-18)17-8-2-1-3-9-17)26-22-12-6-4-10-19(22)20-11-5-7-13-23(20)26/h1-16H. The van der Waals surface area contributed by atoms with Crippen molar-refractivity contribution < 1.29 is 0 Å². The minimum Gasteiger partial charge on any atom is -0.309 e. The molecule has 0 unspecified atom stereocenters. The van der Waals surface area contributed by atoms with Crippen molar-refractivity contribution in [1.82, 2.24) is 4.57 Å². The van der Waals surface area contributed by atoms with E-state index in [-0.39, 0.29) is 0 Å². The van der Waals surface area contributed by atoms with E-state index < -0.39 is 0 Å². The second kappa shape index (κ2) is 6.05. The van der Waals surface area contributed by atoms with Crippen molar-refractivity contribution in [2.24, 2.45) is 0 Å². The van der Waals surface area contributed by atoms with Gasteiger partial charge in [0.2, 0.25) is 0 Å². The van der Waals surface area contributed by atoms with Crippen molar-refractivity contribution in [3.05, 3.63) is 102 Å². The molecule has 0 bridgehead atoms. The highest BCUT2D eigenvalue weighted by Crippen LogP contribution is 2.36. The second-order valence-corrected chi connectivity index (χ2v) is 6.83. The van der Waals surface area contributed by atoms with Crippen LogP contribution in [0.25, 0.3) is 38.6 Å². The number of halogens is 1. The SMILES string of the molecule is Clc1ccc(-n2c3ccccc3c3ccccc32)c(-c2ccccc2)c1. The normalized spacial score (nSPS) is 11.3. The van der Waals surface area contributed by atoms with Gasteiger partial charge in [-0.2, -0.15) is 0 Å². The largest absolute Gasteiger partial charge is 0.309 e. The van der Waals surface area contributed by atoms with Gasteiger partial charge in [-0.3, -0.25) is 0 Å². The molecule has 0 saturated carbocycles. The Morgan fingerprint density at radius 3 is 1.81 bits per heavy atom. The van der Waals surface area contributed by atoms with Crippen molar-refractivity contribution in [2.45, 2.75) is 0 Å². The van der Waals surface area contributed by atoms with Crippen LogP contribution in [0.1, 0.15) is 0 Å². The van der Waals surface area contributed by atoms with Crippen LogP contribution in [0.15, 0.2) is 97.1 Å². The van der Waals surface area contributed by atoms with E-state index in [0.29, 0.717) is 0 Å². The number of fused-ring (bicyclic) bond motifs is 3. The molecule has 0 amide bonds. The summed E-state index contributed by atoms with van der Waals surface area (Å²) in [5.74, 6) is 0. The van der Waals surface area contributed by atoms with Gasteiger partial charge in [-0.15, -0.1) is 0 Å². The molecule has 1 heterocycles. The first kappa shape index (κ1) is 15.2. The van der Waals surface area contributed by atoms with Gasteiger partial charge in [0.25, 0.3) is 0 Å². The van der Waals surface area contributed by atoms with Crippen molar-refractivity contribution >= 4 is 33.4 Å². The highest BCUT2D eigenvalue weighted by Gasteiger charge is 2.15. The Hall–Kier alpha value is -3.03. The molecule has 5 rings (SSSR count). The van der Waals surface area contributed by atoms with E-state index in [1.807, 2.05) is 12.1 Å². The molecule has 0 saturated heterocycles. The van der Waals surface area contributed by atoms with E-state index in [0.717, 1.165) is 21.8 Å². The Bertz CT molecular complexity index is 1180. The van der Waals surface area contributed by atoms with E-state index in [1.165, 1.54) is 21.8 Å². The van der Waals surface area contributed by atoms with Crippen LogP contribution in [-0.2, 0) is 0 Å². The highest BCUT2D eigenvalue weighted by molar-refractivity contribution is 6.31. The number of hydrogen-bond donors (Lipinski definition) is 0. The summed E-state index contributed by atoms with van der Waals surface area (Å²) in [4.78, 5) is 0. The molecular weight excluding hydrogens is 338 g/mol. The summed E-state index contributed by atoms with van der Waals surface area (Å²) in [5.41, 5.74) is 5.83. The molecule has 1 nitrogen and oxygen atoms in total. The summed E-state index contributed by atoms with van der Waals surface area (Å²) in [7, 11) is 0. The Labute approximate surface area is 157 Å². The zero-order chi connectivity index (χ0) is 17.5. The van der Waals surface area contributed by atoms with Gasteiger partial charge in [-0.05, 0) is 35.9 Å². The van der Waals surface area contributed by atoms with Crippen LogP contribution in [0.4, 0.5) is 0 Å². The average molecular weight is 354 g/mol. The molecule has 0 radical (unpaired) electrons. The Morgan fingerprint density at radius 1 is 0.577 bits per heavy atom. The summed E-state index contributed by atoms with van der Waals surface area (Å²) in [6, 6.07) is 33.7. The molecule has 0 N–H and O–H groups in total. The van der Waals surface area contributed by atoms with E-state index in [4.69, 9.17) is 11.6 Å². The third-order valence-corrected chi connectivity index (χ3v) is 5.10. The quantitative estimate of drug-likeness (QED) is 0.319. The van der Waals surface area contributed by atoms with Crippen LogP contribution < -0.4 is 0 Å². The third-order valence-electron chi connectivity index (χ3n) is 4.86. The number of benzene rings is 4. The topological polar surface area (TPSA) is 4.93 Å². The zero-order valence-electron chi connectivity index (χ0n) is 14.1. The molecule has 4 aromatic carbocycles. The van der Waals surface area contributed by atoms with E-state index in [9.17, 15) is 0 Å². The first-order valence-corrected chi connectivity index (χ1v) is 9.04. The lowest BCUT2D eigenvalue weighted by Gasteiger charge is -2.14. The molecule has 26 heavy (non-hydrogen) atoms. The first-order chi connectivity index (χ1) is 12.8. The van der Waals surface area contributed by atoms with Gasteiger partial charge in [-0.1, -0.05) is 78.3 Å². The molecule has 124 valence electrons. The molecular formula is C24H16ClN. The highest BCUT2D eigenvalue weighted by atomic mass is 35.5. The lowest BCUT2D eigenvalue weighted by Crippen LogP contribution is -1.97. The smallest absolute Gasteiger partial charge is 0.0541 e. The van der Waals surface area contributed by atoms with E-state index >= 15 is 0 Å². The van der Waals surface area contributed by atoms with Gasteiger partial charge in [0, 0.05) is 21.4 Å². The zero-order valence-corrected chi connectivity index (χ0v) is 14.8. The molecule has 0 aliphatic rings. The van der Waals surface area contributed by atoms with Crippen LogP contribution >= 0.6 is 11.6 Å². The summed E-state index contributed by atoms with van der Waals surface area (Å²) in [6.07, 6.45) is 0. The van der Waals surface area contributed by atoms with Gasteiger partial charge >= 0.3 is 0 Å². The molecule has 0 atom stereocenters. The molecule has 0 aliphatic heterocycles. The average Bonchev–Trinajstić information content (AvgIpc) is 3.03. The molecule has 0 aliphatic carbocycles. The van der Waals surface area contributed by atoms with Gasteiger partial charge in [-0.25, -0.2) is 0 Å². The molecule has 1 aromatic heterocycles. The number of nitrogens with zero attached hydrogens (tertiary/aromatic N) is 1. The maximum Gasteiger partial charge on any atom is 0.0541 e. The van der Waals surface area contributed by atoms with Gasteiger partial charge in [0.1, 0.15) is 0 Å². The Balaban J connectivity index is 1.92. The maximum absolute atomic E-state index is 6.36. The fourth-order valence-corrected chi connectivity index (χ4v) is 3.91. The summed E-state index contributed by atoms with van der Waals surface area (Å²) in [6.45, 7) is 0. The number of rotatable bonds is 2. The molecule has 0 spiro atoms. The summed E-state index contributed by atoms with van der Waals surface area (Å²) in [5, 5.41) is 3.27. The molecule has 0 fully saturated rings. The first-order valence-electron chi connectivity index (χ1n) is 8.66. The van der Waals surface area contributed by atoms with Crippen molar-refractivity contribution in [1.29, 1.82) is 0 Å². The van der Waals surface area contributed by atoms with Crippen molar-refractivity contribution in [3.63, 3.8) is 0 Å². The molecule has 5 aromatic rings. The predicted molar refractivity (Wildman–Crippen MR) is 111 cm³/mol. The lowest BCUT2D eigenvalue weighted by atomic mass is 10.0. The molecule has 2 heteroatoms. The van der Waals surface area contributed by atoms with E-state index in [2.05, 4.69) is 89.5 Å². The summed E-state index contributed by atoms with van der Waals surface area (Å²) >= 11 is 6.36. The van der Waals surface area contributed by atoms with Crippen LogP contribution in [0.5, 0.6) is 0 Å². The van der Waals surface area contributed by atoms with Crippen LogP contribution in [0.2, 0.25) is 5.02 Å². The predicted octanol–water partition coefficient (Wildman–Crippen LogP) is 7.10. The Morgan fingerprint density at radius 2 is 1.15 bits per heavy atom. The lowest BCUT2D eigenvalue weighted by molar-refractivity contribution is 1.18. The fourth-order valence-electron chi connectivity index (χ4n) is 3.73. The minimum absolute atomic E-state index is 0.744. The van der Waals surface area contributed by atoms with Crippen LogP contribution in [0.3, 0.4) is 0 Å². The minimum atomic E-state index is 0.744. The van der Waals surface area contributed by atoms with Gasteiger partial charge in [0.05, 0.1) is 16.7 Å². The van der Waals surface area contributed by atoms with Gasteiger partial charge in [0.15, 0.2) is 0 Å². The summed E-state index contributed by atoms with van der Waals surface area (Å²) < 4.78 is 2.34. The van der Waals surface area contributed by atoms with E-state index in [1.54, 1.807) is 0 Å². The van der Waals surface area contributed by atoms with Crippen molar-refractivity contribution in [3.8, 4) is 16.8 Å². The number of aromatic nitrogens is 1. The van der Waals surface area contributed by atoms with Crippen molar-refractivity contribution in [2.75, 3.05) is 0 Å². The van der Waals surface area contributed by atoms with Gasteiger partial charge < -0.3 is 4.57 Å². The second-order valence-electron chi connectivity index (χ2n) is 6.40.